The van der Waals surface area contributed by atoms with E-state index in [-0.39, 0.29) is 27.2 Å². The van der Waals surface area contributed by atoms with Crippen LogP contribution < -0.4 is 5.56 Å². The fourth-order valence-electron chi connectivity index (χ4n) is 1.56. The second-order valence-corrected chi connectivity index (χ2v) is 5.13. The van der Waals surface area contributed by atoms with Gasteiger partial charge in [0.2, 0.25) is 5.88 Å². The smallest absolute Gasteiger partial charge is 0.269 e. The van der Waals surface area contributed by atoms with Crippen LogP contribution >= 0.6 is 15.9 Å². The summed E-state index contributed by atoms with van der Waals surface area (Å²) in [7, 11) is 0. The molecule has 2 rings (SSSR count). The van der Waals surface area contributed by atoms with Gasteiger partial charge < -0.3 is 10.1 Å². The molecular formula is C9H11BrN2O2. The minimum atomic E-state index is -0.324. The van der Waals surface area contributed by atoms with Crippen LogP contribution in [0.25, 0.3) is 0 Å². The average molecular weight is 259 g/mol. The van der Waals surface area contributed by atoms with Crippen molar-refractivity contribution in [3.05, 3.63) is 20.7 Å². The molecule has 1 aliphatic carbocycles. The zero-order valence-electron chi connectivity index (χ0n) is 7.97. The Bertz CT molecular complexity index is 439. The van der Waals surface area contributed by atoms with E-state index < -0.39 is 0 Å². The maximum absolute atomic E-state index is 11.3. The second-order valence-electron chi connectivity index (χ2n) is 4.33. The van der Waals surface area contributed by atoms with Gasteiger partial charge in [-0.15, -0.1) is 0 Å². The van der Waals surface area contributed by atoms with Crippen molar-refractivity contribution in [2.75, 3.05) is 0 Å². The number of aromatic nitrogens is 2. The minimum Gasteiger partial charge on any atom is -0.492 e. The van der Waals surface area contributed by atoms with E-state index in [0.717, 1.165) is 6.42 Å². The van der Waals surface area contributed by atoms with Gasteiger partial charge in [0.25, 0.3) is 5.56 Å². The van der Waals surface area contributed by atoms with Crippen LogP contribution in [0.5, 0.6) is 5.88 Å². The molecule has 0 bridgehead atoms. The Kier molecular flexibility index (Phi) is 1.96. The number of nitrogens with one attached hydrogen (secondary N) is 1. The van der Waals surface area contributed by atoms with Crippen molar-refractivity contribution in [1.29, 1.82) is 0 Å². The summed E-state index contributed by atoms with van der Waals surface area (Å²) in [5.74, 6) is 0.612. The zero-order valence-corrected chi connectivity index (χ0v) is 9.55. The van der Waals surface area contributed by atoms with E-state index in [0.29, 0.717) is 5.82 Å². The summed E-state index contributed by atoms with van der Waals surface area (Å²) in [5, 5.41) is 9.35. The average Bonchev–Trinajstić information content (AvgIpc) is 2.70. The lowest BCUT2D eigenvalue weighted by Gasteiger charge is -2.03. The molecule has 0 spiro atoms. The molecule has 2 N–H and O–H groups in total. The highest BCUT2D eigenvalue weighted by molar-refractivity contribution is 9.10. The highest BCUT2D eigenvalue weighted by atomic mass is 79.9. The number of H-pyrrole nitrogens is 1. The Morgan fingerprint density at radius 2 is 2.21 bits per heavy atom. The largest absolute Gasteiger partial charge is 0.492 e. The van der Waals surface area contributed by atoms with Crippen LogP contribution in [-0.4, -0.2) is 15.1 Å². The lowest BCUT2D eigenvalue weighted by molar-refractivity contribution is 0.441. The molecule has 1 aromatic heterocycles. The quantitative estimate of drug-likeness (QED) is 0.807. The number of halogens is 1. The van der Waals surface area contributed by atoms with Crippen LogP contribution in [0.2, 0.25) is 0 Å². The van der Waals surface area contributed by atoms with E-state index in [1.54, 1.807) is 0 Å². The first kappa shape index (κ1) is 9.71. The zero-order chi connectivity index (χ0) is 10.5. The van der Waals surface area contributed by atoms with Gasteiger partial charge in [0.05, 0.1) is 0 Å². The summed E-state index contributed by atoms with van der Waals surface area (Å²) >= 11 is 2.96. The first-order chi connectivity index (χ1) is 6.42. The highest BCUT2D eigenvalue weighted by Crippen LogP contribution is 2.57. The third kappa shape index (κ3) is 1.45. The SMILES string of the molecule is CC1(C)CC1c1nc(O)c(Br)c(=O)[nH]1. The molecule has 1 aromatic rings. The van der Waals surface area contributed by atoms with Gasteiger partial charge in [-0.3, -0.25) is 4.79 Å². The standard InChI is InChI=1S/C9H11BrN2O2/c1-9(2)3-4(9)6-11-7(13)5(10)8(14)12-6/h4H,3H2,1-2H3,(H2,11,12,13,14). The molecule has 76 valence electrons. The normalized spacial score (nSPS) is 23.5. The summed E-state index contributed by atoms with van der Waals surface area (Å²) in [6, 6.07) is 0. The molecule has 1 atom stereocenters. The van der Waals surface area contributed by atoms with Crippen LogP contribution in [0.3, 0.4) is 0 Å². The van der Waals surface area contributed by atoms with Crippen LogP contribution in [0, 0.1) is 5.41 Å². The van der Waals surface area contributed by atoms with Crippen molar-refractivity contribution in [3.8, 4) is 5.88 Å². The molecule has 1 unspecified atom stereocenters. The predicted molar refractivity (Wildman–Crippen MR) is 55.4 cm³/mol. The molecule has 4 nitrogen and oxygen atoms in total. The molecule has 0 aliphatic heterocycles. The lowest BCUT2D eigenvalue weighted by Crippen LogP contribution is -2.12. The molecule has 1 heterocycles. The Morgan fingerprint density at radius 1 is 1.64 bits per heavy atom. The third-order valence-corrected chi connectivity index (χ3v) is 3.42. The van der Waals surface area contributed by atoms with E-state index in [4.69, 9.17) is 0 Å². The van der Waals surface area contributed by atoms with Crippen molar-refractivity contribution in [3.63, 3.8) is 0 Å². The Balaban J connectivity index is 2.43. The van der Waals surface area contributed by atoms with Crippen molar-refractivity contribution in [1.82, 2.24) is 9.97 Å². The van der Waals surface area contributed by atoms with Crippen LogP contribution in [-0.2, 0) is 0 Å². The van der Waals surface area contributed by atoms with Crippen LogP contribution in [0.4, 0.5) is 0 Å². The van der Waals surface area contributed by atoms with Gasteiger partial charge in [-0.1, -0.05) is 13.8 Å². The van der Waals surface area contributed by atoms with Gasteiger partial charge in [-0.25, -0.2) is 0 Å². The fraction of sp³-hybridized carbons (Fsp3) is 0.556. The van der Waals surface area contributed by atoms with Gasteiger partial charge in [-0.05, 0) is 27.8 Å². The summed E-state index contributed by atoms with van der Waals surface area (Å²) in [4.78, 5) is 17.9. The maximum Gasteiger partial charge on any atom is 0.269 e. The molecule has 5 heteroatoms. The molecule has 0 aromatic carbocycles. The van der Waals surface area contributed by atoms with Gasteiger partial charge in [-0.2, -0.15) is 4.98 Å². The van der Waals surface area contributed by atoms with Gasteiger partial charge in [0.1, 0.15) is 10.3 Å². The van der Waals surface area contributed by atoms with Gasteiger partial charge in [0.15, 0.2) is 0 Å². The van der Waals surface area contributed by atoms with E-state index in [2.05, 4.69) is 39.7 Å². The Labute approximate surface area is 89.5 Å². The summed E-state index contributed by atoms with van der Waals surface area (Å²) in [6.07, 6.45) is 0.997. The molecule has 0 radical (unpaired) electrons. The lowest BCUT2D eigenvalue weighted by atomic mass is 10.1. The number of rotatable bonds is 1. The first-order valence-electron chi connectivity index (χ1n) is 4.40. The van der Waals surface area contributed by atoms with E-state index in [1.807, 2.05) is 0 Å². The molecule has 14 heavy (non-hydrogen) atoms. The van der Waals surface area contributed by atoms with Crippen LogP contribution in [0.15, 0.2) is 9.27 Å². The van der Waals surface area contributed by atoms with Crippen molar-refractivity contribution >= 4 is 15.9 Å². The fourth-order valence-corrected chi connectivity index (χ4v) is 1.75. The molecule has 1 aliphatic rings. The number of aromatic amines is 1. The topological polar surface area (TPSA) is 66.0 Å². The van der Waals surface area contributed by atoms with Crippen LogP contribution in [0.1, 0.15) is 32.0 Å². The summed E-state index contributed by atoms with van der Waals surface area (Å²) in [5.41, 5.74) is -0.133. The van der Waals surface area contributed by atoms with E-state index in [1.165, 1.54) is 0 Å². The molecule has 1 fully saturated rings. The van der Waals surface area contributed by atoms with E-state index in [9.17, 15) is 9.90 Å². The van der Waals surface area contributed by atoms with Crippen molar-refractivity contribution in [2.45, 2.75) is 26.2 Å². The monoisotopic (exact) mass is 258 g/mol. The van der Waals surface area contributed by atoms with Crippen molar-refractivity contribution < 1.29 is 5.11 Å². The number of hydrogen-bond donors (Lipinski definition) is 2. The highest BCUT2D eigenvalue weighted by Gasteiger charge is 2.48. The van der Waals surface area contributed by atoms with Gasteiger partial charge in [0, 0.05) is 5.92 Å². The van der Waals surface area contributed by atoms with Gasteiger partial charge >= 0.3 is 0 Å². The summed E-state index contributed by atoms with van der Waals surface area (Å²) < 4.78 is 0.0970. The number of aromatic hydroxyl groups is 1. The molecular weight excluding hydrogens is 248 g/mol. The number of nitrogens with zero attached hydrogens (tertiary/aromatic N) is 1. The van der Waals surface area contributed by atoms with E-state index >= 15 is 0 Å². The molecule has 0 saturated heterocycles. The minimum absolute atomic E-state index is 0.0970. The Morgan fingerprint density at radius 3 is 2.64 bits per heavy atom. The summed E-state index contributed by atoms with van der Waals surface area (Å²) in [6.45, 7) is 4.22. The maximum atomic E-state index is 11.3. The Hall–Kier alpha value is -0.840. The third-order valence-electron chi connectivity index (χ3n) is 2.71. The van der Waals surface area contributed by atoms with Crippen molar-refractivity contribution in [2.24, 2.45) is 5.41 Å². The molecule has 1 saturated carbocycles. The second kappa shape index (κ2) is 2.82. The first-order valence-corrected chi connectivity index (χ1v) is 5.20. The number of hydrogen-bond acceptors (Lipinski definition) is 3. The predicted octanol–water partition coefficient (Wildman–Crippen LogP) is 1.75. The molecule has 0 amide bonds.